The van der Waals surface area contributed by atoms with Crippen molar-refractivity contribution >= 4 is 24.6 Å². The molecule has 2 fully saturated rings. The molecule has 4 atom stereocenters. The molecule has 4 heterocycles. The van der Waals surface area contributed by atoms with Gasteiger partial charge in [0.2, 0.25) is 0 Å². The number of aliphatic hydroxyl groups is 2. The van der Waals surface area contributed by atoms with Crippen molar-refractivity contribution in [2.75, 3.05) is 30.9 Å². The van der Waals surface area contributed by atoms with Gasteiger partial charge in [0.15, 0.2) is 23.2 Å². The molecular formula is C16H24N5O7P. The van der Waals surface area contributed by atoms with E-state index >= 15 is 0 Å². The van der Waals surface area contributed by atoms with Crippen molar-refractivity contribution < 1.29 is 34.0 Å². The number of hydrogen-bond donors (Lipinski definition) is 4. The maximum Gasteiger partial charge on any atom is 0.350 e. The topological polar surface area (TPSA) is 163 Å². The van der Waals surface area contributed by atoms with E-state index in [2.05, 4.69) is 19.9 Å². The SMILES string of the molecule is Cc1nc(N2CCCC2)c2ncn([C@@H]3O[C@H](COCP(=O)(O)O)[C@@H](O)[C@H]3O)c2n1. The molecule has 2 aliphatic rings. The molecule has 0 aromatic carbocycles. The third kappa shape index (κ3) is 4.15. The third-order valence-electron chi connectivity index (χ3n) is 5.07. The summed E-state index contributed by atoms with van der Waals surface area (Å²) in [4.78, 5) is 33.3. The Hall–Kier alpha value is -1.66. The van der Waals surface area contributed by atoms with Gasteiger partial charge in [-0.05, 0) is 19.8 Å². The number of ether oxygens (including phenoxy) is 2. The number of imidazole rings is 1. The molecule has 0 aliphatic carbocycles. The zero-order chi connectivity index (χ0) is 20.8. The van der Waals surface area contributed by atoms with Crippen LogP contribution >= 0.6 is 7.60 Å². The molecule has 4 N–H and O–H groups in total. The minimum atomic E-state index is -4.33. The molecule has 29 heavy (non-hydrogen) atoms. The van der Waals surface area contributed by atoms with E-state index in [1.54, 1.807) is 11.5 Å². The van der Waals surface area contributed by atoms with E-state index in [1.807, 2.05) is 0 Å². The van der Waals surface area contributed by atoms with E-state index < -0.39 is 38.5 Å². The molecular weight excluding hydrogens is 405 g/mol. The maximum absolute atomic E-state index is 10.9. The predicted octanol–water partition coefficient (Wildman–Crippen LogP) is -0.494. The summed E-state index contributed by atoms with van der Waals surface area (Å²) in [7, 11) is -4.33. The van der Waals surface area contributed by atoms with Crippen LogP contribution < -0.4 is 4.90 Å². The molecule has 0 radical (unpaired) electrons. The highest BCUT2D eigenvalue weighted by Gasteiger charge is 2.44. The van der Waals surface area contributed by atoms with Crippen molar-refractivity contribution in [2.45, 2.75) is 44.3 Å². The van der Waals surface area contributed by atoms with Crippen molar-refractivity contribution in [1.82, 2.24) is 19.5 Å². The van der Waals surface area contributed by atoms with Gasteiger partial charge in [-0.3, -0.25) is 9.13 Å². The molecule has 2 saturated heterocycles. The number of rotatable bonds is 6. The largest absolute Gasteiger partial charge is 0.387 e. The fourth-order valence-electron chi connectivity index (χ4n) is 3.73. The summed E-state index contributed by atoms with van der Waals surface area (Å²) in [5.41, 5.74) is 1.07. The molecule has 160 valence electrons. The fourth-order valence-corrected chi connectivity index (χ4v) is 4.07. The first-order valence-corrected chi connectivity index (χ1v) is 11.1. The molecule has 4 rings (SSSR count). The Balaban J connectivity index is 1.58. The third-order valence-corrected chi connectivity index (χ3v) is 5.59. The first-order valence-electron chi connectivity index (χ1n) is 9.34. The molecule has 0 amide bonds. The van der Waals surface area contributed by atoms with E-state index in [0.29, 0.717) is 17.0 Å². The van der Waals surface area contributed by atoms with E-state index in [9.17, 15) is 14.8 Å². The Morgan fingerprint density at radius 2 is 1.97 bits per heavy atom. The summed E-state index contributed by atoms with van der Waals surface area (Å²) < 4.78 is 23.1. The van der Waals surface area contributed by atoms with Crippen LogP contribution in [-0.2, 0) is 14.0 Å². The van der Waals surface area contributed by atoms with Crippen LogP contribution in [0.1, 0.15) is 24.9 Å². The van der Waals surface area contributed by atoms with Gasteiger partial charge in [0.25, 0.3) is 0 Å². The number of aromatic nitrogens is 4. The monoisotopic (exact) mass is 429 g/mol. The van der Waals surface area contributed by atoms with Crippen LogP contribution in [0.4, 0.5) is 5.82 Å². The maximum atomic E-state index is 10.9. The average Bonchev–Trinajstić information content (AvgIpc) is 3.36. The standard InChI is InChI=1S/C16H24N5O7P/c1-9-18-14(20-4-2-3-5-20)11-15(19-9)21(7-17-11)16-13(23)12(22)10(28-16)6-27-8-29(24,25)26/h7,10,12-13,16,22-23H,2-6,8H2,1H3,(H2,24,25,26)/t10-,12-,13-,16-/m1/s1. The number of hydrogen-bond acceptors (Lipinski definition) is 9. The Morgan fingerprint density at radius 3 is 2.66 bits per heavy atom. The van der Waals surface area contributed by atoms with Gasteiger partial charge in [-0.1, -0.05) is 0 Å². The zero-order valence-electron chi connectivity index (χ0n) is 15.8. The normalized spacial score (nSPS) is 28.0. The lowest BCUT2D eigenvalue weighted by Gasteiger charge is -2.19. The highest BCUT2D eigenvalue weighted by Crippen LogP contribution is 2.36. The highest BCUT2D eigenvalue weighted by atomic mass is 31.2. The predicted molar refractivity (Wildman–Crippen MR) is 100 cm³/mol. The van der Waals surface area contributed by atoms with Crippen molar-refractivity contribution in [2.24, 2.45) is 0 Å². The van der Waals surface area contributed by atoms with Gasteiger partial charge in [0.1, 0.15) is 30.5 Å². The zero-order valence-corrected chi connectivity index (χ0v) is 16.7. The van der Waals surface area contributed by atoms with Gasteiger partial charge in [0.05, 0.1) is 12.9 Å². The number of fused-ring (bicyclic) bond motifs is 1. The van der Waals surface area contributed by atoms with E-state index in [-0.39, 0.29) is 6.61 Å². The van der Waals surface area contributed by atoms with Crippen LogP contribution in [0.5, 0.6) is 0 Å². The minimum absolute atomic E-state index is 0.278. The molecule has 2 aromatic heterocycles. The number of aliphatic hydroxyl groups excluding tert-OH is 2. The Kier molecular flexibility index (Phi) is 5.60. The van der Waals surface area contributed by atoms with Gasteiger partial charge in [0, 0.05) is 13.1 Å². The number of anilines is 1. The van der Waals surface area contributed by atoms with E-state index in [1.165, 1.54) is 6.33 Å². The van der Waals surface area contributed by atoms with E-state index in [0.717, 1.165) is 31.7 Å². The minimum Gasteiger partial charge on any atom is -0.387 e. The quantitative estimate of drug-likeness (QED) is 0.438. The lowest BCUT2D eigenvalue weighted by Crippen LogP contribution is -2.34. The van der Waals surface area contributed by atoms with Crippen LogP contribution in [0.25, 0.3) is 11.2 Å². The summed E-state index contributed by atoms with van der Waals surface area (Å²) in [6.45, 7) is 3.27. The Morgan fingerprint density at radius 1 is 1.24 bits per heavy atom. The highest BCUT2D eigenvalue weighted by molar-refractivity contribution is 7.51. The lowest BCUT2D eigenvalue weighted by atomic mass is 10.1. The van der Waals surface area contributed by atoms with Gasteiger partial charge in [-0.2, -0.15) is 0 Å². The Bertz CT molecular complexity index is 928. The van der Waals surface area contributed by atoms with Crippen LogP contribution in [0.15, 0.2) is 6.33 Å². The van der Waals surface area contributed by atoms with Gasteiger partial charge < -0.3 is 34.4 Å². The summed E-state index contributed by atoms with van der Waals surface area (Å²) in [6, 6.07) is 0. The van der Waals surface area contributed by atoms with Crippen molar-refractivity contribution in [3.63, 3.8) is 0 Å². The molecule has 0 spiro atoms. The van der Waals surface area contributed by atoms with Crippen LogP contribution in [-0.4, -0.2) is 83.9 Å². The Labute approximate surface area is 166 Å². The number of aryl methyl sites for hydroxylation is 1. The summed E-state index contributed by atoms with van der Waals surface area (Å²) in [5.74, 6) is 1.29. The van der Waals surface area contributed by atoms with Crippen molar-refractivity contribution in [3.8, 4) is 0 Å². The van der Waals surface area contributed by atoms with Crippen LogP contribution in [0, 0.1) is 6.92 Å². The van der Waals surface area contributed by atoms with Crippen molar-refractivity contribution in [1.29, 1.82) is 0 Å². The first kappa shape index (κ1) is 20.6. The summed E-state index contributed by atoms with van der Waals surface area (Å²) >= 11 is 0. The fraction of sp³-hybridized carbons (Fsp3) is 0.688. The molecule has 0 saturated carbocycles. The molecule has 2 aromatic rings. The smallest absolute Gasteiger partial charge is 0.350 e. The van der Waals surface area contributed by atoms with Crippen LogP contribution in [0.3, 0.4) is 0 Å². The molecule has 12 nitrogen and oxygen atoms in total. The first-order chi connectivity index (χ1) is 13.7. The number of nitrogens with zero attached hydrogens (tertiary/aromatic N) is 5. The molecule has 0 bridgehead atoms. The molecule has 0 unspecified atom stereocenters. The van der Waals surface area contributed by atoms with Crippen LogP contribution in [0.2, 0.25) is 0 Å². The second-order valence-corrected chi connectivity index (χ2v) is 8.91. The molecule has 13 heteroatoms. The summed E-state index contributed by atoms with van der Waals surface area (Å²) in [6.07, 6.45) is -1.66. The van der Waals surface area contributed by atoms with E-state index in [4.69, 9.17) is 19.3 Å². The average molecular weight is 429 g/mol. The van der Waals surface area contributed by atoms with Gasteiger partial charge in [-0.25, -0.2) is 15.0 Å². The second kappa shape index (κ2) is 7.88. The second-order valence-electron chi connectivity index (χ2n) is 7.32. The summed E-state index contributed by atoms with van der Waals surface area (Å²) in [5, 5.41) is 20.8. The van der Waals surface area contributed by atoms with Gasteiger partial charge >= 0.3 is 7.60 Å². The van der Waals surface area contributed by atoms with Gasteiger partial charge in [-0.15, -0.1) is 0 Å². The van der Waals surface area contributed by atoms with Crippen molar-refractivity contribution in [3.05, 3.63) is 12.2 Å². The molecule has 2 aliphatic heterocycles. The lowest BCUT2D eigenvalue weighted by molar-refractivity contribution is -0.0612.